The fraction of sp³-hybridized carbons (Fsp3) is 0.647. The standard InChI is InChI=1S/C17H24N2O3/c1-3-21-14-11-17(22-12-14)7-9-19(10-8-17)16(20)15-6-4-5-13(2)18-15/h4-6,14H,3,7-12H2,1-2H3/t14-/m1/s1. The average molecular weight is 304 g/mol. The summed E-state index contributed by atoms with van der Waals surface area (Å²) in [5, 5.41) is 0. The highest BCUT2D eigenvalue weighted by atomic mass is 16.6. The lowest BCUT2D eigenvalue weighted by Crippen LogP contribution is -2.46. The van der Waals surface area contributed by atoms with Crippen LogP contribution in [0.2, 0.25) is 0 Å². The van der Waals surface area contributed by atoms with E-state index in [1.165, 1.54) is 0 Å². The molecule has 5 nitrogen and oxygen atoms in total. The maximum Gasteiger partial charge on any atom is 0.272 e. The fourth-order valence-electron chi connectivity index (χ4n) is 3.44. The topological polar surface area (TPSA) is 51.7 Å². The van der Waals surface area contributed by atoms with Crippen LogP contribution in [0.25, 0.3) is 0 Å². The van der Waals surface area contributed by atoms with Gasteiger partial charge in [0, 0.05) is 31.8 Å². The molecule has 0 aliphatic carbocycles. The third-order valence-corrected chi connectivity index (χ3v) is 4.65. The van der Waals surface area contributed by atoms with Crippen LogP contribution >= 0.6 is 0 Å². The second-order valence-corrected chi connectivity index (χ2v) is 6.23. The number of hydrogen-bond acceptors (Lipinski definition) is 4. The number of ether oxygens (including phenoxy) is 2. The summed E-state index contributed by atoms with van der Waals surface area (Å²) in [4.78, 5) is 18.7. The van der Waals surface area contributed by atoms with Gasteiger partial charge in [-0.25, -0.2) is 4.98 Å². The first kappa shape index (κ1) is 15.4. The van der Waals surface area contributed by atoms with Crippen molar-refractivity contribution in [3.05, 3.63) is 29.6 Å². The van der Waals surface area contributed by atoms with E-state index in [2.05, 4.69) is 4.98 Å². The minimum atomic E-state index is -0.0867. The number of aryl methyl sites for hydroxylation is 1. The molecule has 22 heavy (non-hydrogen) atoms. The van der Waals surface area contributed by atoms with Gasteiger partial charge in [-0.3, -0.25) is 4.79 Å². The van der Waals surface area contributed by atoms with Crippen molar-refractivity contribution in [1.82, 2.24) is 9.88 Å². The van der Waals surface area contributed by atoms with E-state index in [4.69, 9.17) is 9.47 Å². The molecule has 0 saturated carbocycles. The van der Waals surface area contributed by atoms with Gasteiger partial charge >= 0.3 is 0 Å². The molecule has 2 aliphatic heterocycles. The van der Waals surface area contributed by atoms with Crippen LogP contribution in [-0.2, 0) is 9.47 Å². The Bertz CT molecular complexity index is 538. The molecule has 1 aromatic heterocycles. The summed E-state index contributed by atoms with van der Waals surface area (Å²) < 4.78 is 11.7. The van der Waals surface area contributed by atoms with Crippen LogP contribution in [0, 0.1) is 6.92 Å². The Kier molecular flexibility index (Phi) is 4.45. The molecule has 0 bridgehead atoms. The molecular weight excluding hydrogens is 280 g/mol. The Morgan fingerprint density at radius 1 is 1.45 bits per heavy atom. The molecule has 3 heterocycles. The fourth-order valence-corrected chi connectivity index (χ4v) is 3.44. The van der Waals surface area contributed by atoms with E-state index in [9.17, 15) is 4.79 Å². The third kappa shape index (κ3) is 3.15. The van der Waals surface area contributed by atoms with E-state index < -0.39 is 0 Å². The van der Waals surface area contributed by atoms with E-state index >= 15 is 0 Å². The molecular formula is C17H24N2O3. The van der Waals surface area contributed by atoms with Crippen molar-refractivity contribution >= 4 is 5.91 Å². The highest BCUT2D eigenvalue weighted by molar-refractivity contribution is 5.92. The summed E-state index contributed by atoms with van der Waals surface area (Å²) >= 11 is 0. The van der Waals surface area contributed by atoms with Crippen molar-refractivity contribution in [2.75, 3.05) is 26.3 Å². The highest BCUT2D eigenvalue weighted by Crippen LogP contribution is 2.37. The molecule has 0 N–H and O–H groups in total. The number of amides is 1. The molecule has 3 rings (SSSR count). The summed E-state index contributed by atoms with van der Waals surface area (Å²) in [6.07, 6.45) is 2.93. The van der Waals surface area contributed by atoms with Crippen molar-refractivity contribution < 1.29 is 14.3 Å². The first-order valence-corrected chi connectivity index (χ1v) is 8.10. The van der Waals surface area contributed by atoms with E-state index in [1.807, 2.05) is 30.9 Å². The largest absolute Gasteiger partial charge is 0.376 e. The van der Waals surface area contributed by atoms with Crippen LogP contribution in [0.1, 0.15) is 42.4 Å². The van der Waals surface area contributed by atoms with E-state index in [0.717, 1.165) is 44.7 Å². The Morgan fingerprint density at radius 3 is 2.91 bits per heavy atom. The average Bonchev–Trinajstić information content (AvgIpc) is 2.90. The van der Waals surface area contributed by atoms with Gasteiger partial charge in [-0.05, 0) is 38.8 Å². The summed E-state index contributed by atoms with van der Waals surface area (Å²) in [5.41, 5.74) is 1.32. The lowest BCUT2D eigenvalue weighted by atomic mass is 9.88. The Balaban J connectivity index is 1.59. The van der Waals surface area contributed by atoms with Crippen molar-refractivity contribution in [3.63, 3.8) is 0 Å². The predicted octanol–water partition coefficient (Wildman–Crippen LogP) is 2.19. The van der Waals surface area contributed by atoms with E-state index in [1.54, 1.807) is 6.07 Å². The molecule has 1 spiro atoms. The highest BCUT2D eigenvalue weighted by Gasteiger charge is 2.43. The number of rotatable bonds is 3. The van der Waals surface area contributed by atoms with Gasteiger partial charge in [0.1, 0.15) is 5.69 Å². The van der Waals surface area contributed by atoms with E-state index in [0.29, 0.717) is 12.3 Å². The van der Waals surface area contributed by atoms with Crippen molar-refractivity contribution in [3.8, 4) is 0 Å². The lowest BCUT2D eigenvalue weighted by molar-refractivity contribution is -0.0408. The zero-order valence-electron chi connectivity index (χ0n) is 13.4. The summed E-state index contributed by atoms with van der Waals surface area (Å²) in [5.74, 6) is 0.0258. The molecule has 2 fully saturated rings. The van der Waals surface area contributed by atoms with Crippen LogP contribution in [-0.4, -0.2) is 53.8 Å². The third-order valence-electron chi connectivity index (χ3n) is 4.65. The number of aromatic nitrogens is 1. The SMILES string of the molecule is CCO[C@H]1COC2(CCN(C(=O)c3cccc(C)n3)CC2)C1. The maximum atomic E-state index is 12.5. The second-order valence-electron chi connectivity index (χ2n) is 6.23. The number of pyridine rings is 1. The van der Waals surface area contributed by atoms with Gasteiger partial charge in [-0.2, -0.15) is 0 Å². The van der Waals surface area contributed by atoms with Gasteiger partial charge in [0.2, 0.25) is 0 Å². The first-order valence-electron chi connectivity index (χ1n) is 8.10. The zero-order chi connectivity index (χ0) is 15.6. The quantitative estimate of drug-likeness (QED) is 0.859. The molecule has 1 amide bonds. The van der Waals surface area contributed by atoms with Crippen LogP contribution < -0.4 is 0 Å². The Morgan fingerprint density at radius 2 is 2.23 bits per heavy atom. The molecule has 2 saturated heterocycles. The molecule has 5 heteroatoms. The number of likely N-dealkylation sites (tertiary alicyclic amines) is 1. The number of hydrogen-bond donors (Lipinski definition) is 0. The molecule has 0 unspecified atom stereocenters. The minimum absolute atomic E-state index is 0.0258. The summed E-state index contributed by atoms with van der Waals surface area (Å²) in [7, 11) is 0. The van der Waals surface area contributed by atoms with Crippen molar-refractivity contribution in [1.29, 1.82) is 0 Å². The monoisotopic (exact) mass is 304 g/mol. The second kappa shape index (κ2) is 6.34. The van der Waals surface area contributed by atoms with Crippen LogP contribution in [0.3, 0.4) is 0 Å². The molecule has 120 valence electrons. The Hall–Kier alpha value is -1.46. The zero-order valence-corrected chi connectivity index (χ0v) is 13.4. The number of piperidine rings is 1. The van der Waals surface area contributed by atoms with Gasteiger partial charge in [0.05, 0.1) is 18.3 Å². The van der Waals surface area contributed by atoms with Crippen LogP contribution in [0.5, 0.6) is 0 Å². The molecule has 0 radical (unpaired) electrons. The van der Waals surface area contributed by atoms with Crippen LogP contribution in [0.15, 0.2) is 18.2 Å². The number of carbonyl (C=O) groups excluding carboxylic acids is 1. The number of carbonyl (C=O) groups is 1. The molecule has 1 aromatic rings. The van der Waals surface area contributed by atoms with Gasteiger partial charge in [0.25, 0.3) is 5.91 Å². The van der Waals surface area contributed by atoms with Gasteiger partial charge in [0.15, 0.2) is 0 Å². The molecule has 2 aliphatic rings. The van der Waals surface area contributed by atoms with Crippen molar-refractivity contribution in [2.24, 2.45) is 0 Å². The Labute approximate surface area is 131 Å². The van der Waals surface area contributed by atoms with Gasteiger partial charge in [-0.15, -0.1) is 0 Å². The lowest BCUT2D eigenvalue weighted by Gasteiger charge is -2.38. The normalized spacial score (nSPS) is 23.9. The summed E-state index contributed by atoms with van der Waals surface area (Å²) in [6.45, 7) is 6.79. The van der Waals surface area contributed by atoms with E-state index in [-0.39, 0.29) is 17.6 Å². The smallest absolute Gasteiger partial charge is 0.272 e. The molecule has 0 aromatic carbocycles. The van der Waals surface area contributed by atoms with Crippen molar-refractivity contribution in [2.45, 2.75) is 44.8 Å². The maximum absolute atomic E-state index is 12.5. The minimum Gasteiger partial charge on any atom is -0.376 e. The van der Waals surface area contributed by atoms with Gasteiger partial charge < -0.3 is 14.4 Å². The van der Waals surface area contributed by atoms with Crippen LogP contribution in [0.4, 0.5) is 0 Å². The predicted molar refractivity (Wildman–Crippen MR) is 82.8 cm³/mol. The first-order chi connectivity index (χ1) is 10.6. The van der Waals surface area contributed by atoms with Gasteiger partial charge in [-0.1, -0.05) is 6.07 Å². The molecule has 1 atom stereocenters. The summed E-state index contributed by atoms with van der Waals surface area (Å²) in [6, 6.07) is 5.58. The number of nitrogens with zero attached hydrogens (tertiary/aromatic N) is 2.